The fourth-order valence-corrected chi connectivity index (χ4v) is 0.898. The van der Waals surface area contributed by atoms with Gasteiger partial charge in [0.2, 0.25) is 0 Å². The Balaban J connectivity index is 2.85. The van der Waals surface area contributed by atoms with Gasteiger partial charge in [-0.2, -0.15) is 13.2 Å². The predicted molar refractivity (Wildman–Crippen MR) is 38.4 cm³/mol. The number of aryl methyl sites for hydroxylation is 1. The van der Waals surface area contributed by atoms with Gasteiger partial charge in [-0.1, -0.05) is 0 Å². The van der Waals surface area contributed by atoms with Crippen molar-refractivity contribution in [3.05, 3.63) is 24.0 Å². The smallest absolute Gasteiger partial charge is 0.357 e. The van der Waals surface area contributed by atoms with Crippen LogP contribution in [0, 0.1) is 0 Å². The molecule has 0 fully saturated rings. The predicted octanol–water partition coefficient (Wildman–Crippen LogP) is 1.59. The zero-order chi connectivity index (χ0) is 9.35. The van der Waals surface area contributed by atoms with Gasteiger partial charge in [0, 0.05) is 19.4 Å². The Labute approximate surface area is 67.8 Å². The zero-order valence-corrected chi connectivity index (χ0v) is 6.47. The summed E-state index contributed by atoms with van der Waals surface area (Å²) in [5, 5.41) is 0. The Kier molecular flexibility index (Phi) is 2.14. The van der Waals surface area contributed by atoms with Crippen LogP contribution < -0.4 is 5.73 Å². The normalized spacial score (nSPS) is 14.8. The van der Waals surface area contributed by atoms with Crippen molar-refractivity contribution in [2.24, 2.45) is 12.8 Å². The third-order valence-electron chi connectivity index (χ3n) is 1.57. The van der Waals surface area contributed by atoms with E-state index in [2.05, 4.69) is 0 Å². The highest BCUT2D eigenvalue weighted by molar-refractivity contribution is 5.16. The number of hydrogen-bond donors (Lipinski definition) is 1. The van der Waals surface area contributed by atoms with E-state index in [4.69, 9.17) is 5.73 Å². The van der Waals surface area contributed by atoms with E-state index in [1.165, 1.54) is 23.0 Å². The maximum atomic E-state index is 12.0. The third-order valence-corrected chi connectivity index (χ3v) is 1.57. The van der Waals surface area contributed by atoms with Gasteiger partial charge in [-0.05, 0) is 11.6 Å². The van der Waals surface area contributed by atoms with Gasteiger partial charge in [0.1, 0.15) is 6.04 Å². The van der Waals surface area contributed by atoms with Crippen LogP contribution >= 0.6 is 0 Å². The van der Waals surface area contributed by atoms with Crippen molar-refractivity contribution in [2.75, 3.05) is 0 Å². The summed E-state index contributed by atoms with van der Waals surface area (Å²) in [6.45, 7) is 0. The number of rotatable bonds is 1. The third kappa shape index (κ3) is 1.79. The minimum absolute atomic E-state index is 0.0880. The molecule has 68 valence electrons. The van der Waals surface area contributed by atoms with Crippen LogP contribution in [0.5, 0.6) is 0 Å². The fourth-order valence-electron chi connectivity index (χ4n) is 0.898. The summed E-state index contributed by atoms with van der Waals surface area (Å²) in [7, 11) is 1.65. The van der Waals surface area contributed by atoms with Crippen LogP contribution in [0.25, 0.3) is 0 Å². The second-order valence-electron chi connectivity index (χ2n) is 2.63. The van der Waals surface area contributed by atoms with Crippen LogP contribution in [0.4, 0.5) is 13.2 Å². The first-order chi connectivity index (χ1) is 5.41. The lowest BCUT2D eigenvalue weighted by molar-refractivity contribution is -0.149. The topological polar surface area (TPSA) is 30.9 Å². The van der Waals surface area contributed by atoms with Gasteiger partial charge in [0.25, 0.3) is 0 Å². The molecule has 0 saturated heterocycles. The van der Waals surface area contributed by atoms with Crippen LogP contribution in [0.15, 0.2) is 18.5 Å². The van der Waals surface area contributed by atoms with E-state index >= 15 is 0 Å². The van der Waals surface area contributed by atoms with Crippen molar-refractivity contribution in [3.63, 3.8) is 0 Å². The van der Waals surface area contributed by atoms with Crippen LogP contribution in [0.2, 0.25) is 0 Å². The average Bonchev–Trinajstić information content (AvgIpc) is 2.32. The van der Waals surface area contributed by atoms with E-state index in [0.717, 1.165) is 0 Å². The summed E-state index contributed by atoms with van der Waals surface area (Å²) >= 11 is 0. The lowest BCUT2D eigenvalue weighted by Gasteiger charge is -2.13. The monoisotopic (exact) mass is 178 g/mol. The molecule has 0 aliphatic carbocycles. The van der Waals surface area contributed by atoms with Gasteiger partial charge in [0.05, 0.1) is 0 Å². The maximum Gasteiger partial charge on any atom is 0.407 e. The van der Waals surface area contributed by atoms with Crippen molar-refractivity contribution >= 4 is 0 Å². The molecule has 1 atom stereocenters. The van der Waals surface area contributed by atoms with Crippen LogP contribution in [-0.2, 0) is 7.05 Å². The van der Waals surface area contributed by atoms with E-state index in [9.17, 15) is 13.2 Å². The number of aromatic nitrogens is 1. The van der Waals surface area contributed by atoms with Gasteiger partial charge < -0.3 is 10.3 Å². The molecule has 0 aliphatic rings. The van der Waals surface area contributed by atoms with E-state index in [1.807, 2.05) is 0 Å². The highest BCUT2D eigenvalue weighted by atomic mass is 19.4. The maximum absolute atomic E-state index is 12.0. The molecule has 1 rings (SSSR count). The number of halogens is 3. The first kappa shape index (κ1) is 9.12. The molecule has 0 amide bonds. The van der Waals surface area contributed by atoms with Gasteiger partial charge in [-0.3, -0.25) is 0 Å². The lowest BCUT2D eigenvalue weighted by Crippen LogP contribution is -2.27. The van der Waals surface area contributed by atoms with Crippen LogP contribution in [0.1, 0.15) is 11.6 Å². The zero-order valence-electron chi connectivity index (χ0n) is 6.47. The molecule has 1 aromatic heterocycles. The summed E-state index contributed by atoms with van der Waals surface area (Å²) in [6, 6.07) is -0.517. The van der Waals surface area contributed by atoms with Gasteiger partial charge in [-0.15, -0.1) is 0 Å². The molecule has 12 heavy (non-hydrogen) atoms. The number of hydrogen-bond acceptors (Lipinski definition) is 1. The molecule has 0 saturated carbocycles. The van der Waals surface area contributed by atoms with E-state index in [0.29, 0.717) is 0 Å². The Morgan fingerprint density at radius 1 is 1.50 bits per heavy atom. The number of alkyl halides is 3. The van der Waals surface area contributed by atoms with E-state index < -0.39 is 12.2 Å². The summed E-state index contributed by atoms with van der Waals surface area (Å²) in [4.78, 5) is 0. The second-order valence-corrected chi connectivity index (χ2v) is 2.63. The molecular formula is C7H9F3N2. The molecule has 0 spiro atoms. The summed E-state index contributed by atoms with van der Waals surface area (Å²) in [6.07, 6.45) is -1.47. The van der Waals surface area contributed by atoms with Gasteiger partial charge >= 0.3 is 6.18 Å². The van der Waals surface area contributed by atoms with E-state index in [-0.39, 0.29) is 5.56 Å². The minimum atomic E-state index is -4.36. The molecule has 0 aromatic carbocycles. The Morgan fingerprint density at radius 2 is 2.08 bits per heavy atom. The minimum Gasteiger partial charge on any atom is -0.357 e. The van der Waals surface area contributed by atoms with Crippen molar-refractivity contribution in [1.82, 2.24) is 4.57 Å². The lowest BCUT2D eigenvalue weighted by atomic mass is 10.1. The number of nitrogens with two attached hydrogens (primary N) is 1. The Morgan fingerprint density at radius 3 is 2.42 bits per heavy atom. The molecule has 1 aromatic rings. The highest BCUT2D eigenvalue weighted by Gasteiger charge is 2.38. The Hall–Kier alpha value is -0.970. The number of nitrogens with zero attached hydrogens (tertiary/aromatic N) is 1. The average molecular weight is 178 g/mol. The molecule has 5 heteroatoms. The largest absolute Gasteiger partial charge is 0.407 e. The second kappa shape index (κ2) is 2.82. The van der Waals surface area contributed by atoms with Crippen molar-refractivity contribution in [2.45, 2.75) is 12.2 Å². The van der Waals surface area contributed by atoms with Gasteiger partial charge in [-0.25, -0.2) is 0 Å². The van der Waals surface area contributed by atoms with Crippen molar-refractivity contribution < 1.29 is 13.2 Å². The quantitative estimate of drug-likeness (QED) is 0.695. The Bertz CT molecular complexity index is 264. The molecule has 1 unspecified atom stereocenters. The van der Waals surface area contributed by atoms with Gasteiger partial charge in [0.15, 0.2) is 0 Å². The molecule has 2 nitrogen and oxygen atoms in total. The highest BCUT2D eigenvalue weighted by Crippen LogP contribution is 2.30. The first-order valence-corrected chi connectivity index (χ1v) is 3.35. The molecule has 0 bridgehead atoms. The van der Waals surface area contributed by atoms with E-state index in [1.54, 1.807) is 7.05 Å². The van der Waals surface area contributed by atoms with Crippen LogP contribution in [-0.4, -0.2) is 10.7 Å². The SMILES string of the molecule is Cn1ccc(C(N)C(F)(F)F)c1. The molecule has 1 heterocycles. The molecule has 2 N–H and O–H groups in total. The molecule has 0 aliphatic heterocycles. The fraction of sp³-hybridized carbons (Fsp3) is 0.429. The molecule has 0 radical (unpaired) electrons. The van der Waals surface area contributed by atoms with Crippen LogP contribution in [0.3, 0.4) is 0 Å². The standard InChI is InChI=1S/C7H9F3N2/c1-12-3-2-5(4-12)6(11)7(8,9)10/h2-4,6H,11H2,1H3. The summed E-state index contributed by atoms with van der Waals surface area (Å²) in [5.74, 6) is 0. The first-order valence-electron chi connectivity index (χ1n) is 3.35. The van der Waals surface area contributed by atoms with Crippen molar-refractivity contribution in [3.8, 4) is 0 Å². The van der Waals surface area contributed by atoms with Crippen molar-refractivity contribution in [1.29, 1.82) is 0 Å². The summed E-state index contributed by atoms with van der Waals surface area (Å²) < 4.78 is 37.6. The summed E-state index contributed by atoms with van der Waals surface area (Å²) in [5.41, 5.74) is 5.04. The molecular weight excluding hydrogens is 169 g/mol.